The first-order valence-corrected chi connectivity index (χ1v) is 13.1. The summed E-state index contributed by atoms with van der Waals surface area (Å²) >= 11 is 19.8. The van der Waals surface area contributed by atoms with Crippen LogP contribution in [0, 0.1) is 0 Å². The van der Waals surface area contributed by atoms with Crippen LogP contribution in [0.25, 0.3) is 0 Å². The van der Waals surface area contributed by atoms with Crippen LogP contribution in [0.3, 0.4) is 0 Å². The van der Waals surface area contributed by atoms with E-state index in [1.165, 1.54) is 11.8 Å². The third-order valence-electron chi connectivity index (χ3n) is 5.63. The molecule has 5 rings (SSSR count). The first kappa shape index (κ1) is 24.7. The molecule has 10 heteroatoms. The number of fused-ring (bicyclic) bond motifs is 1. The average molecular weight is 557 g/mol. The number of anilines is 2. The van der Waals surface area contributed by atoms with Crippen LogP contribution in [0.15, 0.2) is 89.2 Å². The van der Waals surface area contributed by atoms with E-state index in [-0.39, 0.29) is 5.91 Å². The third kappa shape index (κ3) is 5.39. The normalized spacial score (nSPS) is 14.8. The second-order valence-electron chi connectivity index (χ2n) is 8.16. The van der Waals surface area contributed by atoms with Crippen LogP contribution in [0.2, 0.25) is 15.1 Å². The van der Waals surface area contributed by atoms with Crippen molar-refractivity contribution in [2.24, 2.45) is 0 Å². The van der Waals surface area contributed by atoms with Crippen molar-refractivity contribution >= 4 is 64.1 Å². The number of amides is 1. The Hall–Kier alpha value is -2.97. The van der Waals surface area contributed by atoms with Crippen molar-refractivity contribution in [1.82, 2.24) is 14.8 Å². The Morgan fingerprint density at radius 3 is 2.39 bits per heavy atom. The number of nitrogens with one attached hydrogen (secondary N) is 2. The molecular formula is C26H20Cl3N5OS. The van der Waals surface area contributed by atoms with Gasteiger partial charge in [-0.3, -0.25) is 4.79 Å². The molecule has 2 N–H and O–H groups in total. The Labute approximate surface area is 227 Å². The SMILES string of the molecule is CC1=C(C(=O)Nc2ccc(Cl)cc2)[C@@H](c2cccc(Cl)c2)n2nc(SCc3ccc(Cl)cc3)nc2N1. The molecular weight excluding hydrogens is 537 g/mol. The van der Waals surface area contributed by atoms with E-state index in [0.29, 0.717) is 48.9 Å². The molecule has 1 aliphatic heterocycles. The van der Waals surface area contributed by atoms with Crippen molar-refractivity contribution in [2.75, 3.05) is 10.6 Å². The van der Waals surface area contributed by atoms with Gasteiger partial charge in [0.15, 0.2) is 0 Å². The zero-order chi connectivity index (χ0) is 25.2. The molecule has 0 fully saturated rings. The van der Waals surface area contributed by atoms with Gasteiger partial charge in [0.2, 0.25) is 11.1 Å². The molecule has 0 saturated heterocycles. The molecule has 1 aliphatic rings. The fourth-order valence-corrected chi connectivity index (χ4v) is 5.17. The summed E-state index contributed by atoms with van der Waals surface area (Å²) < 4.78 is 1.74. The molecule has 0 unspecified atom stereocenters. The maximum atomic E-state index is 13.5. The lowest BCUT2D eigenvalue weighted by molar-refractivity contribution is -0.113. The number of halogens is 3. The molecule has 6 nitrogen and oxygen atoms in total. The van der Waals surface area contributed by atoms with Gasteiger partial charge in [-0.15, -0.1) is 5.10 Å². The van der Waals surface area contributed by atoms with Crippen molar-refractivity contribution in [2.45, 2.75) is 23.9 Å². The Bertz CT molecular complexity index is 1450. The molecule has 1 amide bonds. The number of nitrogens with zero attached hydrogens (tertiary/aromatic N) is 3. The summed E-state index contributed by atoms with van der Waals surface area (Å²) in [6.45, 7) is 1.85. The number of thioether (sulfide) groups is 1. The minimum Gasteiger partial charge on any atom is -0.328 e. The van der Waals surface area contributed by atoms with E-state index in [9.17, 15) is 4.79 Å². The van der Waals surface area contributed by atoms with E-state index in [2.05, 4.69) is 15.6 Å². The molecule has 1 aromatic heterocycles. The highest BCUT2D eigenvalue weighted by Crippen LogP contribution is 2.37. The molecule has 1 atom stereocenters. The quantitative estimate of drug-likeness (QED) is 0.241. The fraction of sp³-hybridized carbons (Fsp3) is 0.115. The molecule has 0 aliphatic carbocycles. The molecule has 0 spiro atoms. The van der Waals surface area contributed by atoms with Crippen molar-refractivity contribution in [3.63, 3.8) is 0 Å². The minimum absolute atomic E-state index is 0.260. The maximum absolute atomic E-state index is 13.5. The van der Waals surface area contributed by atoms with E-state index in [1.54, 1.807) is 35.0 Å². The summed E-state index contributed by atoms with van der Waals surface area (Å²) in [6, 6.07) is 21.5. The number of carbonyl (C=O) groups excluding carboxylic acids is 1. The largest absolute Gasteiger partial charge is 0.328 e. The molecule has 182 valence electrons. The van der Waals surface area contributed by atoms with E-state index >= 15 is 0 Å². The topological polar surface area (TPSA) is 71.8 Å². The highest BCUT2D eigenvalue weighted by atomic mass is 35.5. The number of hydrogen-bond acceptors (Lipinski definition) is 5. The van der Waals surface area contributed by atoms with Gasteiger partial charge >= 0.3 is 0 Å². The van der Waals surface area contributed by atoms with E-state index in [1.807, 2.05) is 49.4 Å². The van der Waals surface area contributed by atoms with E-state index < -0.39 is 6.04 Å². The number of allylic oxidation sites excluding steroid dienone is 1. The van der Waals surface area contributed by atoms with Gasteiger partial charge in [-0.1, -0.05) is 70.8 Å². The van der Waals surface area contributed by atoms with Crippen LogP contribution >= 0.6 is 46.6 Å². The van der Waals surface area contributed by atoms with Crippen LogP contribution in [-0.2, 0) is 10.5 Å². The van der Waals surface area contributed by atoms with Crippen molar-refractivity contribution < 1.29 is 4.79 Å². The highest BCUT2D eigenvalue weighted by Gasteiger charge is 2.34. The number of benzene rings is 3. The van der Waals surface area contributed by atoms with Gasteiger partial charge in [0.1, 0.15) is 6.04 Å². The lowest BCUT2D eigenvalue weighted by atomic mass is 9.95. The van der Waals surface area contributed by atoms with Gasteiger partial charge in [0.25, 0.3) is 5.91 Å². The lowest BCUT2D eigenvalue weighted by Gasteiger charge is -2.28. The predicted octanol–water partition coefficient (Wildman–Crippen LogP) is 7.46. The van der Waals surface area contributed by atoms with Gasteiger partial charge in [-0.25, -0.2) is 4.68 Å². The Morgan fingerprint density at radius 2 is 1.69 bits per heavy atom. The van der Waals surface area contributed by atoms with Crippen LogP contribution in [0.5, 0.6) is 0 Å². The molecule has 0 radical (unpaired) electrons. The first-order valence-electron chi connectivity index (χ1n) is 11.0. The molecule has 0 bridgehead atoms. The van der Waals surface area contributed by atoms with Gasteiger partial charge < -0.3 is 10.6 Å². The summed E-state index contributed by atoms with van der Waals surface area (Å²) in [7, 11) is 0. The number of carbonyl (C=O) groups is 1. The van der Waals surface area contributed by atoms with Crippen molar-refractivity contribution in [1.29, 1.82) is 0 Å². The number of hydrogen-bond donors (Lipinski definition) is 2. The van der Waals surface area contributed by atoms with Crippen LogP contribution < -0.4 is 10.6 Å². The first-order chi connectivity index (χ1) is 17.4. The molecule has 2 heterocycles. The van der Waals surface area contributed by atoms with E-state index in [4.69, 9.17) is 39.9 Å². The molecule has 36 heavy (non-hydrogen) atoms. The monoisotopic (exact) mass is 555 g/mol. The minimum atomic E-state index is -0.523. The zero-order valence-electron chi connectivity index (χ0n) is 19.0. The van der Waals surface area contributed by atoms with Crippen LogP contribution in [0.1, 0.15) is 24.1 Å². The van der Waals surface area contributed by atoms with Gasteiger partial charge in [-0.2, -0.15) is 4.98 Å². The van der Waals surface area contributed by atoms with Crippen molar-refractivity contribution in [3.8, 4) is 0 Å². The average Bonchev–Trinajstić information content (AvgIpc) is 3.26. The third-order valence-corrected chi connectivity index (χ3v) is 7.27. The second kappa shape index (κ2) is 10.6. The maximum Gasteiger partial charge on any atom is 0.255 e. The van der Waals surface area contributed by atoms with Gasteiger partial charge in [0.05, 0.1) is 5.57 Å². The van der Waals surface area contributed by atoms with Gasteiger partial charge in [-0.05, 0) is 66.6 Å². The smallest absolute Gasteiger partial charge is 0.255 e. The standard InChI is InChI=1S/C26H20Cl3N5OS/c1-15-22(24(35)31-21-11-9-19(28)10-12-21)23(17-3-2-4-20(29)13-17)34-25(30-15)32-26(33-34)36-14-16-5-7-18(27)8-6-16/h2-13,23H,14H2,1H3,(H,31,35)(H,30,32,33)/t23-/m1/s1. The Balaban J connectivity index is 1.48. The summed E-state index contributed by atoms with van der Waals surface area (Å²) in [6.07, 6.45) is 0. The van der Waals surface area contributed by atoms with Crippen LogP contribution in [0.4, 0.5) is 11.6 Å². The summed E-state index contributed by atoms with van der Waals surface area (Å²) in [5, 5.41) is 13.4. The van der Waals surface area contributed by atoms with E-state index in [0.717, 1.165) is 11.1 Å². The number of rotatable bonds is 6. The zero-order valence-corrected chi connectivity index (χ0v) is 22.1. The second-order valence-corrected chi connectivity index (χ2v) is 10.4. The van der Waals surface area contributed by atoms with Crippen LogP contribution in [-0.4, -0.2) is 20.7 Å². The summed E-state index contributed by atoms with van der Waals surface area (Å²) in [5.41, 5.74) is 3.76. The number of aromatic nitrogens is 3. The Kier molecular flexibility index (Phi) is 7.25. The Morgan fingerprint density at radius 1 is 1.00 bits per heavy atom. The fourth-order valence-electron chi connectivity index (χ4n) is 3.93. The van der Waals surface area contributed by atoms with Crippen molar-refractivity contribution in [3.05, 3.63) is 110 Å². The molecule has 4 aromatic rings. The summed E-state index contributed by atoms with van der Waals surface area (Å²) in [4.78, 5) is 18.2. The summed E-state index contributed by atoms with van der Waals surface area (Å²) in [5.74, 6) is 0.974. The lowest BCUT2D eigenvalue weighted by Crippen LogP contribution is -2.31. The highest BCUT2D eigenvalue weighted by molar-refractivity contribution is 7.98. The molecule has 3 aromatic carbocycles. The molecule has 0 saturated carbocycles. The van der Waals surface area contributed by atoms with Gasteiger partial charge in [0, 0.05) is 32.2 Å². The predicted molar refractivity (Wildman–Crippen MR) is 147 cm³/mol.